The third-order valence-corrected chi connectivity index (χ3v) is 5.96. The molecule has 0 aliphatic carbocycles. The van der Waals surface area contributed by atoms with Gasteiger partial charge in [-0.3, -0.25) is 4.79 Å². The molecule has 1 saturated heterocycles. The fraction of sp³-hybridized carbons (Fsp3) is 0.211. The van der Waals surface area contributed by atoms with Crippen LogP contribution < -0.4 is 10.6 Å². The van der Waals surface area contributed by atoms with Crippen LogP contribution in [0.25, 0.3) is 10.2 Å². The molecule has 0 bridgehead atoms. The maximum atomic E-state index is 13.6. The molecule has 2 amide bonds. The van der Waals surface area contributed by atoms with Crippen molar-refractivity contribution in [1.82, 2.24) is 15.6 Å². The monoisotopic (exact) mass is 403 g/mol. The smallest absolute Gasteiger partial charge is 0.315 e. The van der Waals surface area contributed by atoms with Gasteiger partial charge in [-0.05, 0) is 29.8 Å². The Morgan fingerprint density at radius 3 is 2.85 bits per heavy atom. The molecule has 0 spiro atoms. The number of fused-ring (bicyclic) bond motifs is 1. The highest BCUT2D eigenvalue weighted by Crippen LogP contribution is 2.35. The van der Waals surface area contributed by atoms with Crippen LogP contribution in [0.15, 0.2) is 42.5 Å². The number of hydrogen-bond acceptors (Lipinski definition) is 4. The Kier molecular flexibility index (Phi) is 4.80. The zero-order valence-corrected chi connectivity index (χ0v) is 15.6. The number of benzene rings is 2. The minimum atomic E-state index is -0.578. The number of ketones is 1. The summed E-state index contributed by atoms with van der Waals surface area (Å²) in [5.41, 5.74) is 1.56. The Morgan fingerprint density at radius 1 is 1.33 bits per heavy atom. The van der Waals surface area contributed by atoms with Gasteiger partial charge in [-0.15, -0.1) is 11.3 Å². The number of carbonyl (C=O) groups excluding carboxylic acids is 2. The van der Waals surface area contributed by atoms with Crippen molar-refractivity contribution in [3.63, 3.8) is 0 Å². The second-order valence-corrected chi connectivity index (χ2v) is 7.79. The molecule has 2 atom stereocenters. The lowest BCUT2D eigenvalue weighted by atomic mass is 9.92. The normalized spacial score (nSPS) is 17.6. The second-order valence-electron chi connectivity index (χ2n) is 6.32. The summed E-state index contributed by atoms with van der Waals surface area (Å²) >= 11 is 7.46. The molecule has 8 heteroatoms. The zero-order chi connectivity index (χ0) is 19.0. The van der Waals surface area contributed by atoms with E-state index in [1.165, 1.54) is 23.5 Å². The predicted molar refractivity (Wildman–Crippen MR) is 103 cm³/mol. The molecule has 138 valence electrons. The van der Waals surface area contributed by atoms with E-state index in [9.17, 15) is 14.0 Å². The topological polar surface area (TPSA) is 71.1 Å². The average molecular weight is 404 g/mol. The van der Waals surface area contributed by atoms with Crippen molar-refractivity contribution in [1.29, 1.82) is 0 Å². The van der Waals surface area contributed by atoms with Crippen molar-refractivity contribution in [3.8, 4) is 0 Å². The van der Waals surface area contributed by atoms with E-state index in [2.05, 4.69) is 15.6 Å². The van der Waals surface area contributed by atoms with Crippen molar-refractivity contribution in [2.75, 3.05) is 6.54 Å². The second kappa shape index (κ2) is 7.25. The van der Waals surface area contributed by atoms with Crippen molar-refractivity contribution < 1.29 is 14.0 Å². The molecule has 2 heterocycles. The van der Waals surface area contributed by atoms with Gasteiger partial charge in [0, 0.05) is 18.9 Å². The molecule has 1 aromatic heterocycles. The Bertz CT molecular complexity index is 1010. The number of carbonyl (C=O) groups is 2. The molecule has 2 N–H and O–H groups in total. The highest BCUT2D eigenvalue weighted by Gasteiger charge is 2.31. The Morgan fingerprint density at radius 2 is 2.15 bits per heavy atom. The van der Waals surface area contributed by atoms with Gasteiger partial charge in [0.25, 0.3) is 0 Å². The molecule has 4 rings (SSSR count). The van der Waals surface area contributed by atoms with Crippen LogP contribution in [0.4, 0.5) is 9.18 Å². The fourth-order valence-corrected chi connectivity index (χ4v) is 4.39. The van der Waals surface area contributed by atoms with Gasteiger partial charge in [-0.2, -0.15) is 0 Å². The molecule has 5 nitrogen and oxygen atoms in total. The third kappa shape index (κ3) is 3.65. The first-order valence-electron chi connectivity index (χ1n) is 8.39. The molecule has 0 radical (unpaired) electrons. The van der Waals surface area contributed by atoms with Crippen LogP contribution in [0.1, 0.15) is 22.9 Å². The first-order chi connectivity index (χ1) is 13.0. The number of Topliss-reactive ketones (excluding diaryl/α,β-unsaturated/α-hetero) is 1. The van der Waals surface area contributed by atoms with E-state index >= 15 is 0 Å². The van der Waals surface area contributed by atoms with Crippen LogP contribution in [0.5, 0.6) is 0 Å². The number of aromatic nitrogens is 1. The van der Waals surface area contributed by atoms with E-state index < -0.39 is 11.9 Å². The molecule has 3 aromatic rings. The van der Waals surface area contributed by atoms with Gasteiger partial charge in [0.05, 0.1) is 15.2 Å². The number of nitrogens with one attached hydrogen (secondary N) is 2. The number of halogens is 2. The molecule has 2 aromatic carbocycles. The van der Waals surface area contributed by atoms with E-state index in [1.807, 2.05) is 24.3 Å². The summed E-state index contributed by atoms with van der Waals surface area (Å²) in [6, 6.07) is 11.2. The lowest BCUT2D eigenvalue weighted by molar-refractivity contribution is -0.120. The Labute approximate surface area is 163 Å². The Balaban J connectivity index is 1.71. The standard InChI is InChI=1S/C19H15ClFN3O2S/c20-12-7-10(5-6-13(12)21)11(8-16(25)15-9-22-19(26)24-15)18-23-14-3-1-2-4-17(14)27-18/h1-7,11,15H,8-9H2,(H2,22,24,26)/t11?,15-/m0/s1. The summed E-state index contributed by atoms with van der Waals surface area (Å²) in [6.07, 6.45) is 0.133. The van der Waals surface area contributed by atoms with Crippen LogP contribution in [-0.4, -0.2) is 29.4 Å². The molecule has 1 aliphatic heterocycles. The maximum Gasteiger partial charge on any atom is 0.315 e. The largest absolute Gasteiger partial charge is 0.336 e. The van der Waals surface area contributed by atoms with E-state index in [4.69, 9.17) is 11.6 Å². The minimum Gasteiger partial charge on any atom is -0.336 e. The minimum absolute atomic E-state index is 0.00176. The van der Waals surface area contributed by atoms with Crippen molar-refractivity contribution in [3.05, 3.63) is 63.9 Å². The van der Waals surface area contributed by atoms with Gasteiger partial charge in [-0.1, -0.05) is 29.8 Å². The van der Waals surface area contributed by atoms with Crippen molar-refractivity contribution >= 4 is 45.0 Å². The van der Waals surface area contributed by atoms with Crippen molar-refractivity contribution in [2.45, 2.75) is 18.4 Å². The number of hydrogen-bond donors (Lipinski definition) is 2. The molecule has 1 aliphatic rings. The predicted octanol–water partition coefficient (Wildman–Crippen LogP) is 3.86. The van der Waals surface area contributed by atoms with Crippen LogP contribution in [0.3, 0.4) is 0 Å². The molecular formula is C19H15ClFN3O2S. The van der Waals surface area contributed by atoms with Gasteiger partial charge in [0.2, 0.25) is 0 Å². The first-order valence-corrected chi connectivity index (χ1v) is 9.58. The molecule has 1 unspecified atom stereocenters. The molecular weight excluding hydrogens is 389 g/mol. The summed E-state index contributed by atoms with van der Waals surface area (Å²) in [5, 5.41) is 5.95. The van der Waals surface area contributed by atoms with Crippen LogP contribution in [0, 0.1) is 5.82 Å². The fourth-order valence-electron chi connectivity index (χ4n) is 3.11. The van der Waals surface area contributed by atoms with E-state index in [0.717, 1.165) is 15.2 Å². The maximum absolute atomic E-state index is 13.6. The first kappa shape index (κ1) is 17.9. The van der Waals surface area contributed by atoms with Gasteiger partial charge in [0.15, 0.2) is 5.78 Å². The van der Waals surface area contributed by atoms with Crippen LogP contribution >= 0.6 is 22.9 Å². The number of urea groups is 1. The molecule has 1 fully saturated rings. The summed E-state index contributed by atoms with van der Waals surface area (Å²) in [7, 11) is 0. The number of rotatable bonds is 5. The van der Waals surface area contributed by atoms with Gasteiger partial charge in [-0.25, -0.2) is 14.2 Å². The number of thiazole rings is 1. The van der Waals surface area contributed by atoms with Crippen LogP contribution in [0.2, 0.25) is 5.02 Å². The Hall–Kier alpha value is -2.51. The summed E-state index contributed by atoms with van der Waals surface area (Å²) in [6.45, 7) is 0.258. The zero-order valence-electron chi connectivity index (χ0n) is 14.0. The van der Waals surface area contributed by atoms with E-state index in [-0.39, 0.29) is 35.7 Å². The number of nitrogens with zero attached hydrogens (tertiary/aromatic N) is 1. The van der Waals surface area contributed by atoms with E-state index in [0.29, 0.717) is 5.56 Å². The van der Waals surface area contributed by atoms with Gasteiger partial charge >= 0.3 is 6.03 Å². The quantitative estimate of drug-likeness (QED) is 0.679. The summed E-state index contributed by atoms with van der Waals surface area (Å²) in [4.78, 5) is 28.7. The highest BCUT2D eigenvalue weighted by atomic mass is 35.5. The van der Waals surface area contributed by atoms with E-state index in [1.54, 1.807) is 6.07 Å². The van der Waals surface area contributed by atoms with Gasteiger partial charge < -0.3 is 10.6 Å². The molecule has 27 heavy (non-hydrogen) atoms. The average Bonchev–Trinajstić information content (AvgIpc) is 3.28. The summed E-state index contributed by atoms with van der Waals surface area (Å²) < 4.78 is 14.6. The SMILES string of the molecule is O=C1NC[C@@H](C(=O)CC(c2ccc(F)c(Cl)c2)c2nc3ccccc3s2)N1. The summed E-state index contributed by atoms with van der Waals surface area (Å²) in [5.74, 6) is -0.995. The lowest BCUT2D eigenvalue weighted by Crippen LogP contribution is -2.35. The third-order valence-electron chi connectivity index (χ3n) is 4.52. The lowest BCUT2D eigenvalue weighted by Gasteiger charge is -2.17. The highest BCUT2D eigenvalue weighted by molar-refractivity contribution is 7.18. The van der Waals surface area contributed by atoms with Crippen LogP contribution in [-0.2, 0) is 4.79 Å². The van der Waals surface area contributed by atoms with Gasteiger partial charge in [0.1, 0.15) is 16.9 Å². The van der Waals surface area contributed by atoms with Crippen molar-refractivity contribution in [2.24, 2.45) is 0 Å². The number of para-hydroxylation sites is 1. The number of amides is 2. The molecule has 0 saturated carbocycles.